The molecule has 3 unspecified atom stereocenters. The molecule has 0 bridgehead atoms. The van der Waals surface area contributed by atoms with E-state index in [1.54, 1.807) is 0 Å². The highest BCUT2D eigenvalue weighted by Gasteiger charge is 2.49. The van der Waals surface area contributed by atoms with Crippen LogP contribution in [0.2, 0.25) is 0 Å². The predicted octanol–water partition coefficient (Wildman–Crippen LogP) is 2.13. The highest BCUT2D eigenvalue weighted by Crippen LogP contribution is 2.43. The number of hydrogen-bond acceptors (Lipinski definition) is 3. The molecule has 6 nitrogen and oxygen atoms in total. The Morgan fingerprint density at radius 1 is 1.44 bits per heavy atom. The Labute approximate surface area is 152 Å². The standard InChI is InChI=1S/C19H36N4O2/c1-5-6-10-25-16-12-15(19(16,2)3)22-18(21-4)23-9-7-8-14(13-23)11-17(20)24/h14-16H,5-13H2,1-4H3,(H2,20,24)(H,21,22). The van der Waals surface area contributed by atoms with Crippen LogP contribution < -0.4 is 11.1 Å². The van der Waals surface area contributed by atoms with Crippen LogP contribution in [0.3, 0.4) is 0 Å². The Kier molecular flexibility index (Phi) is 7.11. The van der Waals surface area contributed by atoms with Gasteiger partial charge in [-0.1, -0.05) is 27.2 Å². The van der Waals surface area contributed by atoms with Gasteiger partial charge in [0.1, 0.15) is 0 Å². The number of hydrogen-bond donors (Lipinski definition) is 2. The third-order valence-electron chi connectivity index (χ3n) is 5.82. The molecule has 1 aliphatic heterocycles. The Morgan fingerprint density at radius 3 is 2.80 bits per heavy atom. The van der Waals surface area contributed by atoms with Crippen LogP contribution in [0.4, 0.5) is 0 Å². The topological polar surface area (TPSA) is 79.9 Å². The number of amides is 1. The normalized spacial score (nSPS) is 29.2. The summed E-state index contributed by atoms with van der Waals surface area (Å²) >= 11 is 0. The van der Waals surface area contributed by atoms with Crippen LogP contribution in [0.5, 0.6) is 0 Å². The van der Waals surface area contributed by atoms with E-state index >= 15 is 0 Å². The van der Waals surface area contributed by atoms with E-state index in [2.05, 4.69) is 36.0 Å². The Morgan fingerprint density at radius 2 is 2.20 bits per heavy atom. The van der Waals surface area contributed by atoms with E-state index in [9.17, 15) is 4.79 Å². The molecule has 0 aromatic rings. The molecule has 3 atom stereocenters. The molecule has 0 radical (unpaired) electrons. The fraction of sp³-hybridized carbons (Fsp3) is 0.895. The molecule has 1 heterocycles. The number of ether oxygens (including phenoxy) is 1. The summed E-state index contributed by atoms with van der Waals surface area (Å²) in [5.74, 6) is 1.07. The second-order valence-corrected chi connectivity index (χ2v) is 8.14. The number of piperidine rings is 1. The minimum Gasteiger partial charge on any atom is -0.378 e. The van der Waals surface area contributed by atoms with Crippen LogP contribution in [-0.4, -0.2) is 55.7 Å². The number of primary amides is 1. The van der Waals surface area contributed by atoms with Gasteiger partial charge in [0.25, 0.3) is 0 Å². The van der Waals surface area contributed by atoms with Crippen LogP contribution in [0.15, 0.2) is 4.99 Å². The number of nitrogens with zero attached hydrogens (tertiary/aromatic N) is 2. The number of likely N-dealkylation sites (tertiary alicyclic amines) is 1. The monoisotopic (exact) mass is 352 g/mol. The maximum atomic E-state index is 11.2. The molecule has 144 valence electrons. The molecule has 2 rings (SSSR count). The number of aliphatic imine (C=N–C) groups is 1. The molecular weight excluding hydrogens is 316 g/mol. The van der Waals surface area contributed by atoms with Crippen LogP contribution in [0.1, 0.15) is 59.3 Å². The van der Waals surface area contributed by atoms with Crippen molar-refractivity contribution in [2.45, 2.75) is 71.4 Å². The van der Waals surface area contributed by atoms with Gasteiger partial charge in [-0.05, 0) is 31.6 Å². The average molecular weight is 353 g/mol. The van der Waals surface area contributed by atoms with Crippen molar-refractivity contribution in [1.82, 2.24) is 10.2 Å². The molecule has 1 aliphatic carbocycles. The fourth-order valence-corrected chi connectivity index (χ4v) is 3.94. The summed E-state index contributed by atoms with van der Waals surface area (Å²) in [6.45, 7) is 9.42. The van der Waals surface area contributed by atoms with Gasteiger partial charge in [-0.15, -0.1) is 0 Å². The zero-order valence-electron chi connectivity index (χ0n) is 16.4. The molecule has 1 saturated heterocycles. The van der Waals surface area contributed by atoms with Crippen LogP contribution >= 0.6 is 0 Å². The summed E-state index contributed by atoms with van der Waals surface area (Å²) < 4.78 is 6.04. The SMILES string of the molecule is CCCCOC1CC(NC(=NC)N2CCCC(CC(N)=O)C2)C1(C)C. The van der Waals surface area contributed by atoms with Gasteiger partial charge in [0.05, 0.1) is 6.10 Å². The van der Waals surface area contributed by atoms with E-state index in [4.69, 9.17) is 10.5 Å². The number of carbonyl (C=O) groups is 1. The van der Waals surface area contributed by atoms with Gasteiger partial charge in [0.15, 0.2) is 5.96 Å². The first-order valence-electron chi connectivity index (χ1n) is 9.76. The molecular formula is C19H36N4O2. The van der Waals surface area contributed by atoms with Crippen molar-refractivity contribution in [2.75, 3.05) is 26.7 Å². The van der Waals surface area contributed by atoms with E-state index in [1.807, 2.05) is 7.05 Å². The molecule has 0 aromatic heterocycles. The highest BCUT2D eigenvalue weighted by atomic mass is 16.5. The second kappa shape index (κ2) is 8.88. The molecule has 0 spiro atoms. The lowest BCUT2D eigenvalue weighted by atomic mass is 9.64. The van der Waals surface area contributed by atoms with E-state index in [0.29, 0.717) is 24.5 Å². The number of carbonyl (C=O) groups excluding carboxylic acids is 1. The molecule has 1 amide bonds. The summed E-state index contributed by atoms with van der Waals surface area (Å²) in [4.78, 5) is 18.0. The minimum absolute atomic E-state index is 0.103. The van der Waals surface area contributed by atoms with Gasteiger partial charge in [-0.25, -0.2) is 0 Å². The molecule has 1 saturated carbocycles. The quantitative estimate of drug-likeness (QED) is 0.418. The van der Waals surface area contributed by atoms with Crippen molar-refractivity contribution >= 4 is 11.9 Å². The third kappa shape index (κ3) is 5.09. The van der Waals surface area contributed by atoms with Crippen LogP contribution in [-0.2, 0) is 9.53 Å². The molecule has 0 aromatic carbocycles. The summed E-state index contributed by atoms with van der Waals surface area (Å²) in [7, 11) is 1.83. The van der Waals surface area contributed by atoms with Crippen molar-refractivity contribution in [3.63, 3.8) is 0 Å². The zero-order valence-corrected chi connectivity index (χ0v) is 16.4. The van der Waals surface area contributed by atoms with Gasteiger partial charge in [-0.3, -0.25) is 9.79 Å². The molecule has 2 fully saturated rings. The highest BCUT2D eigenvalue weighted by molar-refractivity contribution is 5.80. The first-order chi connectivity index (χ1) is 11.9. The number of guanidine groups is 1. The zero-order chi connectivity index (χ0) is 18.4. The first kappa shape index (κ1) is 20.0. The van der Waals surface area contributed by atoms with Crippen molar-refractivity contribution < 1.29 is 9.53 Å². The summed E-state index contributed by atoms with van der Waals surface area (Å²) in [5, 5.41) is 3.64. The number of nitrogens with one attached hydrogen (secondary N) is 1. The summed E-state index contributed by atoms with van der Waals surface area (Å²) in [6.07, 6.45) is 6.25. The van der Waals surface area contributed by atoms with Crippen molar-refractivity contribution in [1.29, 1.82) is 0 Å². The second-order valence-electron chi connectivity index (χ2n) is 8.14. The lowest BCUT2D eigenvalue weighted by molar-refractivity contribution is -0.119. The van der Waals surface area contributed by atoms with Crippen molar-refractivity contribution in [2.24, 2.45) is 22.1 Å². The Bertz CT molecular complexity index is 478. The molecule has 6 heteroatoms. The van der Waals surface area contributed by atoms with Gasteiger partial charge in [0.2, 0.25) is 5.91 Å². The first-order valence-corrected chi connectivity index (χ1v) is 9.76. The van der Waals surface area contributed by atoms with Crippen LogP contribution in [0.25, 0.3) is 0 Å². The van der Waals surface area contributed by atoms with E-state index in [0.717, 1.165) is 51.3 Å². The maximum absolute atomic E-state index is 11.2. The van der Waals surface area contributed by atoms with E-state index in [-0.39, 0.29) is 11.3 Å². The molecule has 3 N–H and O–H groups in total. The average Bonchev–Trinajstić information content (AvgIpc) is 2.56. The van der Waals surface area contributed by atoms with Gasteiger partial charge in [-0.2, -0.15) is 0 Å². The van der Waals surface area contributed by atoms with Gasteiger partial charge in [0, 0.05) is 44.6 Å². The Hall–Kier alpha value is -1.30. The number of unbranched alkanes of at least 4 members (excludes halogenated alkanes) is 1. The predicted molar refractivity (Wildman–Crippen MR) is 101 cm³/mol. The van der Waals surface area contributed by atoms with Crippen molar-refractivity contribution in [3.8, 4) is 0 Å². The van der Waals surface area contributed by atoms with E-state index in [1.165, 1.54) is 6.42 Å². The fourth-order valence-electron chi connectivity index (χ4n) is 3.94. The minimum atomic E-state index is -0.206. The summed E-state index contributed by atoms with van der Waals surface area (Å²) in [6, 6.07) is 0.370. The van der Waals surface area contributed by atoms with Gasteiger partial charge >= 0.3 is 0 Å². The summed E-state index contributed by atoms with van der Waals surface area (Å²) in [5.41, 5.74) is 5.48. The lowest BCUT2D eigenvalue weighted by Gasteiger charge is -2.52. The lowest BCUT2D eigenvalue weighted by Crippen LogP contribution is -2.64. The molecule has 2 aliphatic rings. The number of nitrogens with two attached hydrogens (primary N) is 1. The van der Waals surface area contributed by atoms with E-state index < -0.39 is 0 Å². The molecule has 25 heavy (non-hydrogen) atoms. The Balaban J connectivity index is 1.87. The van der Waals surface area contributed by atoms with Gasteiger partial charge < -0.3 is 20.7 Å². The van der Waals surface area contributed by atoms with Crippen LogP contribution in [0, 0.1) is 11.3 Å². The van der Waals surface area contributed by atoms with Crippen molar-refractivity contribution in [3.05, 3.63) is 0 Å². The third-order valence-corrected chi connectivity index (χ3v) is 5.82. The maximum Gasteiger partial charge on any atom is 0.217 e. The smallest absolute Gasteiger partial charge is 0.217 e. The largest absolute Gasteiger partial charge is 0.378 e. The number of rotatable bonds is 7.